The van der Waals surface area contributed by atoms with Crippen molar-refractivity contribution < 1.29 is 9.18 Å². The maximum Gasteiger partial charge on any atom is 0.248 e. The van der Waals surface area contributed by atoms with Crippen molar-refractivity contribution in [3.8, 4) is 11.4 Å². The lowest BCUT2D eigenvalue weighted by Crippen LogP contribution is -2.09. The van der Waals surface area contributed by atoms with E-state index in [4.69, 9.17) is 0 Å². The largest absolute Gasteiger partial charge is 0.322 e. The molecule has 1 aliphatic heterocycles. The predicted octanol–water partition coefficient (Wildman–Crippen LogP) is 3.72. The van der Waals surface area contributed by atoms with E-state index in [1.807, 2.05) is 18.4 Å². The number of nitrogens with zero attached hydrogens (tertiary/aromatic N) is 3. The Kier molecular flexibility index (Phi) is 4.74. The summed E-state index contributed by atoms with van der Waals surface area (Å²) >= 11 is 0. The first-order valence-corrected chi connectivity index (χ1v) is 8.22. The molecule has 6 heteroatoms. The average Bonchev–Trinajstić information content (AvgIpc) is 2.76. The maximum atomic E-state index is 14.3. The number of nitrogens with one attached hydrogen (secondary N) is 1. The molecule has 0 fully saturated rings. The lowest BCUT2D eigenvalue weighted by atomic mass is 10.1. The van der Waals surface area contributed by atoms with E-state index in [0.717, 1.165) is 43.6 Å². The van der Waals surface area contributed by atoms with Crippen LogP contribution in [0.4, 0.5) is 10.1 Å². The van der Waals surface area contributed by atoms with Gasteiger partial charge in [-0.1, -0.05) is 12.0 Å². The van der Waals surface area contributed by atoms with Crippen molar-refractivity contribution in [3.63, 3.8) is 0 Å². The Morgan fingerprint density at radius 1 is 1.25 bits per heavy atom. The molecule has 1 aromatic carbocycles. The van der Waals surface area contributed by atoms with Crippen LogP contribution in [0.15, 0.2) is 29.8 Å². The number of carbonyl (C=O) groups is 1. The van der Waals surface area contributed by atoms with Gasteiger partial charge in [0, 0.05) is 24.7 Å². The minimum atomic E-state index is -0.366. The summed E-state index contributed by atoms with van der Waals surface area (Å²) in [4.78, 5) is 11.9. The molecule has 0 saturated heterocycles. The molecule has 0 atom stereocenters. The number of halogens is 1. The number of fused-ring (bicyclic) bond motifs is 1. The Morgan fingerprint density at radius 3 is 2.88 bits per heavy atom. The van der Waals surface area contributed by atoms with Crippen molar-refractivity contribution >= 4 is 11.6 Å². The normalized spacial score (nSPS) is 13.8. The van der Waals surface area contributed by atoms with E-state index in [-0.39, 0.29) is 11.7 Å². The predicted molar refractivity (Wildman–Crippen MR) is 91.0 cm³/mol. The second-order valence-corrected chi connectivity index (χ2v) is 6.31. The first-order valence-electron chi connectivity index (χ1n) is 8.22. The molecule has 0 radical (unpaired) electrons. The third kappa shape index (κ3) is 3.53. The molecule has 3 rings (SSSR count). The smallest absolute Gasteiger partial charge is 0.248 e. The molecule has 1 aliphatic rings. The number of rotatable bonds is 3. The lowest BCUT2D eigenvalue weighted by Gasteiger charge is -2.10. The number of hydrogen-bond acceptors (Lipinski definition) is 3. The van der Waals surface area contributed by atoms with E-state index in [2.05, 4.69) is 15.5 Å². The first-order chi connectivity index (χ1) is 11.5. The molecule has 126 valence electrons. The van der Waals surface area contributed by atoms with Crippen molar-refractivity contribution in [2.24, 2.45) is 0 Å². The third-order valence-electron chi connectivity index (χ3n) is 4.00. The summed E-state index contributed by atoms with van der Waals surface area (Å²) in [6.07, 6.45) is 5.64. The van der Waals surface area contributed by atoms with E-state index in [1.54, 1.807) is 12.1 Å². The Morgan fingerprint density at radius 2 is 2.08 bits per heavy atom. The van der Waals surface area contributed by atoms with Gasteiger partial charge in [0.15, 0.2) is 5.82 Å². The van der Waals surface area contributed by atoms with Crippen LogP contribution in [0.5, 0.6) is 0 Å². The SMILES string of the molecule is CC(C)=CC(=O)Nc1ccc(F)c(-c2nnc3n2CCCCC3)c1. The number of amides is 1. The number of carbonyl (C=O) groups excluding carboxylic acids is 1. The lowest BCUT2D eigenvalue weighted by molar-refractivity contribution is -0.111. The molecule has 1 N–H and O–H groups in total. The van der Waals surface area contributed by atoms with E-state index in [1.165, 1.54) is 12.1 Å². The molecular formula is C18H21FN4O. The van der Waals surface area contributed by atoms with E-state index >= 15 is 0 Å². The zero-order chi connectivity index (χ0) is 17.1. The highest BCUT2D eigenvalue weighted by molar-refractivity contribution is 6.00. The molecule has 2 aromatic rings. The summed E-state index contributed by atoms with van der Waals surface area (Å²) < 4.78 is 16.3. The molecule has 2 heterocycles. The Bertz CT molecular complexity index is 790. The second-order valence-electron chi connectivity index (χ2n) is 6.31. The maximum absolute atomic E-state index is 14.3. The standard InChI is InChI=1S/C18H21FN4O/c1-12(2)10-17(24)20-13-7-8-15(19)14(11-13)18-22-21-16-6-4-3-5-9-23(16)18/h7-8,10-11H,3-6,9H2,1-2H3,(H,20,24). The second kappa shape index (κ2) is 6.95. The first kappa shape index (κ1) is 16.4. The molecule has 0 spiro atoms. The van der Waals surface area contributed by atoms with Gasteiger partial charge in [-0.05, 0) is 44.9 Å². The van der Waals surface area contributed by atoms with E-state index in [9.17, 15) is 9.18 Å². The fourth-order valence-corrected chi connectivity index (χ4v) is 2.90. The highest BCUT2D eigenvalue weighted by Gasteiger charge is 2.19. The highest BCUT2D eigenvalue weighted by Crippen LogP contribution is 2.27. The summed E-state index contributed by atoms with van der Waals surface area (Å²) in [5.74, 6) is 0.839. The molecule has 0 bridgehead atoms. The van der Waals surface area contributed by atoms with Crippen LogP contribution in [-0.4, -0.2) is 20.7 Å². The quantitative estimate of drug-likeness (QED) is 0.874. The molecule has 1 aromatic heterocycles. The Hall–Kier alpha value is -2.50. The van der Waals surface area contributed by atoms with Crippen LogP contribution in [0.2, 0.25) is 0 Å². The summed E-state index contributed by atoms with van der Waals surface area (Å²) in [5.41, 5.74) is 1.81. The third-order valence-corrected chi connectivity index (χ3v) is 4.00. The van der Waals surface area contributed by atoms with Gasteiger partial charge >= 0.3 is 0 Å². The number of allylic oxidation sites excluding steroid dienone is 1. The summed E-state index contributed by atoms with van der Waals surface area (Å²) in [6, 6.07) is 4.52. The van der Waals surface area contributed by atoms with E-state index in [0.29, 0.717) is 17.1 Å². The Labute approximate surface area is 140 Å². The highest BCUT2D eigenvalue weighted by atomic mass is 19.1. The van der Waals surface area contributed by atoms with Crippen molar-refractivity contribution in [3.05, 3.63) is 41.5 Å². The van der Waals surface area contributed by atoms with Crippen molar-refractivity contribution in [1.82, 2.24) is 14.8 Å². The zero-order valence-electron chi connectivity index (χ0n) is 14.0. The monoisotopic (exact) mass is 328 g/mol. The van der Waals surface area contributed by atoms with Gasteiger partial charge in [0.1, 0.15) is 11.6 Å². The van der Waals surface area contributed by atoms with Crippen LogP contribution in [-0.2, 0) is 17.8 Å². The van der Waals surface area contributed by atoms with Gasteiger partial charge in [0.2, 0.25) is 5.91 Å². The van der Waals surface area contributed by atoms with Crippen molar-refractivity contribution in [2.75, 3.05) is 5.32 Å². The number of benzene rings is 1. The fraction of sp³-hybridized carbons (Fsp3) is 0.389. The van der Waals surface area contributed by atoms with Gasteiger partial charge in [-0.2, -0.15) is 0 Å². The number of aryl methyl sites for hydroxylation is 1. The van der Waals surface area contributed by atoms with Crippen molar-refractivity contribution in [1.29, 1.82) is 0 Å². The van der Waals surface area contributed by atoms with Crippen LogP contribution < -0.4 is 5.32 Å². The average molecular weight is 328 g/mol. The fourth-order valence-electron chi connectivity index (χ4n) is 2.90. The van der Waals surface area contributed by atoms with Gasteiger partial charge in [-0.3, -0.25) is 4.79 Å². The summed E-state index contributed by atoms with van der Waals surface area (Å²) in [6.45, 7) is 4.49. The molecule has 0 aliphatic carbocycles. The van der Waals surface area contributed by atoms with Gasteiger partial charge in [-0.15, -0.1) is 10.2 Å². The number of anilines is 1. The van der Waals surface area contributed by atoms with Gasteiger partial charge < -0.3 is 9.88 Å². The molecule has 5 nitrogen and oxygen atoms in total. The minimum absolute atomic E-state index is 0.229. The van der Waals surface area contributed by atoms with Crippen LogP contribution in [0.25, 0.3) is 11.4 Å². The van der Waals surface area contributed by atoms with E-state index < -0.39 is 0 Å². The van der Waals surface area contributed by atoms with Gasteiger partial charge in [-0.25, -0.2) is 4.39 Å². The van der Waals surface area contributed by atoms with Crippen molar-refractivity contribution in [2.45, 2.75) is 46.1 Å². The van der Waals surface area contributed by atoms with Crippen LogP contribution in [0.3, 0.4) is 0 Å². The molecule has 0 unspecified atom stereocenters. The van der Waals surface area contributed by atoms with Crippen LogP contribution >= 0.6 is 0 Å². The molecule has 24 heavy (non-hydrogen) atoms. The van der Waals surface area contributed by atoms with Gasteiger partial charge in [0.25, 0.3) is 0 Å². The topological polar surface area (TPSA) is 59.8 Å². The molecule has 0 saturated carbocycles. The number of hydrogen-bond donors (Lipinski definition) is 1. The van der Waals surface area contributed by atoms with Gasteiger partial charge in [0.05, 0.1) is 5.56 Å². The minimum Gasteiger partial charge on any atom is -0.322 e. The van der Waals surface area contributed by atoms with Crippen LogP contribution in [0, 0.1) is 5.82 Å². The molecule has 1 amide bonds. The summed E-state index contributed by atoms with van der Waals surface area (Å²) in [7, 11) is 0. The number of aromatic nitrogens is 3. The zero-order valence-corrected chi connectivity index (χ0v) is 14.0. The van der Waals surface area contributed by atoms with Crippen LogP contribution in [0.1, 0.15) is 38.9 Å². The Balaban J connectivity index is 1.94. The summed E-state index contributed by atoms with van der Waals surface area (Å²) in [5, 5.41) is 11.2. The molecular weight excluding hydrogens is 307 g/mol.